The lowest BCUT2D eigenvalue weighted by Crippen LogP contribution is -2.47. The Bertz CT molecular complexity index is 473. The zero-order valence-corrected chi connectivity index (χ0v) is 12.1. The van der Waals surface area contributed by atoms with E-state index in [0.29, 0.717) is 12.1 Å². The van der Waals surface area contributed by atoms with Crippen LogP contribution in [0.5, 0.6) is 0 Å². The second-order valence-electron chi connectivity index (χ2n) is 5.68. The van der Waals surface area contributed by atoms with E-state index in [2.05, 4.69) is 17.9 Å². The van der Waals surface area contributed by atoms with Crippen molar-refractivity contribution < 1.29 is 4.79 Å². The molecule has 3 heteroatoms. The predicted octanol–water partition coefficient (Wildman–Crippen LogP) is 3.62. The Morgan fingerprint density at radius 1 is 1.26 bits per heavy atom. The Hall–Kier alpha value is -1.02. The maximum absolute atomic E-state index is 12.8. The number of rotatable bonds is 2. The zero-order chi connectivity index (χ0) is 13.4. The first-order chi connectivity index (χ1) is 9.20. The summed E-state index contributed by atoms with van der Waals surface area (Å²) in [5.41, 5.74) is 2.04. The van der Waals surface area contributed by atoms with Crippen LogP contribution in [0.4, 0.5) is 0 Å². The lowest BCUT2D eigenvalue weighted by Gasteiger charge is -2.37. The lowest BCUT2D eigenvalue weighted by atomic mass is 9.98. The van der Waals surface area contributed by atoms with Gasteiger partial charge in [-0.3, -0.25) is 4.79 Å². The minimum Gasteiger partial charge on any atom is -0.333 e. The van der Waals surface area contributed by atoms with Crippen molar-refractivity contribution in [1.82, 2.24) is 4.90 Å². The van der Waals surface area contributed by atoms with Crippen molar-refractivity contribution in [1.29, 1.82) is 0 Å². The van der Waals surface area contributed by atoms with Crippen LogP contribution < -0.4 is 0 Å². The smallest absolute Gasteiger partial charge is 0.254 e. The van der Waals surface area contributed by atoms with E-state index >= 15 is 0 Å². The molecule has 2 nitrogen and oxygen atoms in total. The molecular weight excluding hydrogens is 258 g/mol. The van der Waals surface area contributed by atoms with Crippen LogP contribution in [0, 0.1) is 0 Å². The number of alkyl halides is 1. The Labute approximate surface area is 119 Å². The van der Waals surface area contributed by atoms with Gasteiger partial charge in [-0.15, -0.1) is 11.6 Å². The van der Waals surface area contributed by atoms with Crippen molar-refractivity contribution in [3.05, 3.63) is 35.4 Å². The minimum atomic E-state index is 0.216. The quantitative estimate of drug-likeness (QED) is 0.756. The standard InChI is InChI=1S/C16H20ClNO/c1-2-11-5-3-4-6-15(11)16(19)18-13-7-8-14(18)10-12(17)9-13/h3-6,12-14H,2,7-10H2,1H3. The molecule has 0 N–H and O–H groups in total. The van der Waals surface area contributed by atoms with Crippen LogP contribution in [0.2, 0.25) is 0 Å². The van der Waals surface area contributed by atoms with E-state index in [1.807, 2.05) is 18.2 Å². The fraction of sp³-hybridized carbons (Fsp3) is 0.562. The van der Waals surface area contributed by atoms with Gasteiger partial charge in [0.15, 0.2) is 0 Å². The summed E-state index contributed by atoms with van der Waals surface area (Å²) in [4.78, 5) is 14.9. The Balaban J connectivity index is 1.89. The fourth-order valence-corrected chi connectivity index (χ4v) is 4.03. The van der Waals surface area contributed by atoms with Gasteiger partial charge >= 0.3 is 0 Å². The second kappa shape index (κ2) is 5.16. The summed E-state index contributed by atoms with van der Waals surface area (Å²) in [6.07, 6.45) is 5.06. The normalized spacial score (nSPS) is 29.6. The van der Waals surface area contributed by atoms with E-state index in [4.69, 9.17) is 11.6 Å². The van der Waals surface area contributed by atoms with Gasteiger partial charge in [-0.1, -0.05) is 25.1 Å². The molecule has 1 aromatic carbocycles. The fourth-order valence-electron chi connectivity index (χ4n) is 3.62. The van der Waals surface area contributed by atoms with Crippen LogP contribution in [0.25, 0.3) is 0 Å². The molecule has 2 atom stereocenters. The van der Waals surface area contributed by atoms with Crippen molar-refractivity contribution in [3.8, 4) is 0 Å². The number of hydrogen-bond acceptors (Lipinski definition) is 1. The van der Waals surface area contributed by atoms with E-state index in [-0.39, 0.29) is 11.3 Å². The van der Waals surface area contributed by atoms with Gasteiger partial charge in [0, 0.05) is 23.0 Å². The molecule has 2 aliphatic heterocycles. The van der Waals surface area contributed by atoms with Crippen LogP contribution >= 0.6 is 11.6 Å². The maximum Gasteiger partial charge on any atom is 0.254 e. The Kier molecular flexibility index (Phi) is 3.53. The number of hydrogen-bond donors (Lipinski definition) is 0. The summed E-state index contributed by atoms with van der Waals surface area (Å²) >= 11 is 6.28. The Morgan fingerprint density at radius 3 is 2.53 bits per heavy atom. The number of carbonyl (C=O) groups is 1. The molecular formula is C16H20ClNO. The number of fused-ring (bicyclic) bond motifs is 2. The predicted molar refractivity (Wildman–Crippen MR) is 77.7 cm³/mol. The summed E-state index contributed by atoms with van der Waals surface area (Å²) in [7, 11) is 0. The van der Waals surface area contributed by atoms with Crippen molar-refractivity contribution >= 4 is 17.5 Å². The van der Waals surface area contributed by atoms with Gasteiger partial charge in [0.25, 0.3) is 5.91 Å². The van der Waals surface area contributed by atoms with Crippen molar-refractivity contribution in [3.63, 3.8) is 0 Å². The largest absolute Gasteiger partial charge is 0.333 e. The van der Waals surface area contributed by atoms with Gasteiger partial charge in [0.05, 0.1) is 0 Å². The molecule has 2 aliphatic rings. The molecule has 2 fully saturated rings. The van der Waals surface area contributed by atoms with Gasteiger partial charge in [0.2, 0.25) is 0 Å². The number of piperidine rings is 1. The molecule has 2 heterocycles. The topological polar surface area (TPSA) is 20.3 Å². The SMILES string of the molecule is CCc1ccccc1C(=O)N1C2CCC1CC(Cl)C2. The van der Waals surface area contributed by atoms with E-state index in [9.17, 15) is 4.79 Å². The number of carbonyl (C=O) groups excluding carboxylic acids is 1. The van der Waals surface area contributed by atoms with Gasteiger partial charge in [-0.25, -0.2) is 0 Å². The number of nitrogens with zero attached hydrogens (tertiary/aromatic N) is 1. The molecule has 0 spiro atoms. The number of benzene rings is 1. The van der Waals surface area contributed by atoms with Gasteiger partial charge in [-0.05, 0) is 43.7 Å². The lowest BCUT2D eigenvalue weighted by molar-refractivity contribution is 0.0598. The average Bonchev–Trinajstić information content (AvgIpc) is 2.70. The molecule has 1 aromatic rings. The summed E-state index contributed by atoms with van der Waals surface area (Å²) in [6.45, 7) is 2.10. The van der Waals surface area contributed by atoms with E-state index < -0.39 is 0 Å². The summed E-state index contributed by atoms with van der Waals surface area (Å²) in [5, 5.41) is 0.253. The van der Waals surface area contributed by atoms with Gasteiger partial charge in [0.1, 0.15) is 0 Å². The molecule has 102 valence electrons. The highest BCUT2D eigenvalue weighted by Gasteiger charge is 2.43. The third kappa shape index (κ3) is 2.27. The molecule has 19 heavy (non-hydrogen) atoms. The van der Waals surface area contributed by atoms with Crippen molar-refractivity contribution in [2.24, 2.45) is 0 Å². The molecule has 2 bridgehead atoms. The minimum absolute atomic E-state index is 0.216. The van der Waals surface area contributed by atoms with E-state index in [0.717, 1.165) is 43.2 Å². The first-order valence-electron chi connectivity index (χ1n) is 7.25. The Morgan fingerprint density at radius 2 is 1.89 bits per heavy atom. The molecule has 0 aromatic heterocycles. The van der Waals surface area contributed by atoms with E-state index in [1.54, 1.807) is 0 Å². The first-order valence-corrected chi connectivity index (χ1v) is 7.69. The second-order valence-corrected chi connectivity index (χ2v) is 6.29. The molecule has 0 saturated carbocycles. The molecule has 2 saturated heterocycles. The van der Waals surface area contributed by atoms with Crippen LogP contribution in [0.15, 0.2) is 24.3 Å². The van der Waals surface area contributed by atoms with Gasteiger partial charge in [-0.2, -0.15) is 0 Å². The zero-order valence-electron chi connectivity index (χ0n) is 11.3. The van der Waals surface area contributed by atoms with Gasteiger partial charge < -0.3 is 4.90 Å². The monoisotopic (exact) mass is 277 g/mol. The van der Waals surface area contributed by atoms with Crippen LogP contribution in [0.1, 0.15) is 48.5 Å². The summed E-state index contributed by atoms with van der Waals surface area (Å²) in [5.74, 6) is 0.216. The number of aryl methyl sites for hydroxylation is 1. The average molecular weight is 278 g/mol. The molecule has 2 unspecified atom stereocenters. The number of amides is 1. The van der Waals surface area contributed by atoms with E-state index in [1.165, 1.54) is 0 Å². The number of halogens is 1. The highest BCUT2D eigenvalue weighted by molar-refractivity contribution is 6.20. The maximum atomic E-state index is 12.8. The van der Waals surface area contributed by atoms with Crippen molar-refractivity contribution in [2.75, 3.05) is 0 Å². The first kappa shape index (κ1) is 13.0. The van der Waals surface area contributed by atoms with Crippen LogP contribution in [0.3, 0.4) is 0 Å². The summed E-state index contributed by atoms with van der Waals surface area (Å²) in [6, 6.07) is 8.71. The third-order valence-electron chi connectivity index (χ3n) is 4.54. The third-order valence-corrected chi connectivity index (χ3v) is 4.90. The molecule has 0 radical (unpaired) electrons. The summed E-state index contributed by atoms with van der Waals surface area (Å²) < 4.78 is 0. The molecule has 0 aliphatic carbocycles. The van der Waals surface area contributed by atoms with Crippen LogP contribution in [-0.2, 0) is 6.42 Å². The highest BCUT2D eigenvalue weighted by Crippen LogP contribution is 2.38. The molecule has 1 amide bonds. The highest BCUT2D eigenvalue weighted by atomic mass is 35.5. The van der Waals surface area contributed by atoms with Crippen LogP contribution in [-0.4, -0.2) is 28.3 Å². The van der Waals surface area contributed by atoms with Crippen molar-refractivity contribution in [2.45, 2.75) is 56.5 Å². The molecule has 3 rings (SSSR count).